The highest BCUT2D eigenvalue weighted by atomic mass is 16.5. The molecular weight excluding hydrogens is 316 g/mol. The summed E-state index contributed by atoms with van der Waals surface area (Å²) in [6.07, 6.45) is 3.50. The lowest BCUT2D eigenvalue weighted by molar-refractivity contribution is -0.128. The van der Waals surface area contributed by atoms with Gasteiger partial charge in [-0.2, -0.15) is 0 Å². The number of hydrogen-bond donors (Lipinski definition) is 1. The van der Waals surface area contributed by atoms with Crippen molar-refractivity contribution in [3.8, 4) is 11.5 Å². The van der Waals surface area contributed by atoms with Gasteiger partial charge in [0.25, 0.3) is 5.91 Å². The first-order valence-corrected chi connectivity index (χ1v) is 8.73. The Balaban J connectivity index is 1.40. The van der Waals surface area contributed by atoms with Gasteiger partial charge in [0.15, 0.2) is 6.61 Å². The summed E-state index contributed by atoms with van der Waals surface area (Å²) in [7, 11) is 0. The van der Waals surface area contributed by atoms with Gasteiger partial charge >= 0.3 is 0 Å². The van der Waals surface area contributed by atoms with E-state index in [1.807, 2.05) is 59.6 Å². The molecule has 1 fully saturated rings. The first-order valence-electron chi connectivity index (χ1n) is 8.73. The van der Waals surface area contributed by atoms with E-state index in [4.69, 9.17) is 9.47 Å². The molecule has 3 rings (SSSR count). The molecule has 0 aromatic heterocycles. The molecule has 1 heterocycles. The summed E-state index contributed by atoms with van der Waals surface area (Å²) in [5.41, 5.74) is 4.01. The summed E-state index contributed by atoms with van der Waals surface area (Å²) in [6, 6.07) is 17.3. The Morgan fingerprint density at radius 2 is 1.52 bits per heavy atom. The third-order valence-electron chi connectivity index (χ3n) is 4.08. The summed E-state index contributed by atoms with van der Waals surface area (Å²) in [5.74, 6) is 1.31. The first-order chi connectivity index (χ1) is 12.3. The first kappa shape index (κ1) is 17.3. The fourth-order valence-electron chi connectivity index (χ4n) is 2.74. The van der Waals surface area contributed by atoms with Gasteiger partial charge in [-0.25, -0.2) is 5.01 Å². The second kappa shape index (κ2) is 9.08. The smallest absolute Gasteiger partial charge is 0.272 e. The number of nitrogens with zero attached hydrogens (tertiary/aromatic N) is 1. The monoisotopic (exact) mass is 340 g/mol. The molecule has 0 spiro atoms. The van der Waals surface area contributed by atoms with Crippen molar-refractivity contribution in [3.05, 3.63) is 60.2 Å². The third kappa shape index (κ3) is 5.80. The molecule has 2 aromatic carbocycles. The minimum Gasteiger partial charge on any atom is -0.489 e. The standard InChI is InChI=1S/C20H24N2O3/c23-20(21-22-13-5-2-6-14-22)16-25-19-11-9-18(10-12-19)24-15-17-7-3-1-4-8-17/h1,3-4,7-12H,2,5-6,13-16H2,(H,21,23). The maximum Gasteiger partial charge on any atom is 0.272 e. The molecule has 0 aliphatic carbocycles. The number of carbonyl (C=O) groups is 1. The van der Waals surface area contributed by atoms with Crippen LogP contribution in [0.2, 0.25) is 0 Å². The molecule has 0 radical (unpaired) electrons. The van der Waals surface area contributed by atoms with Gasteiger partial charge in [-0.15, -0.1) is 0 Å². The molecule has 132 valence electrons. The number of nitrogens with one attached hydrogen (secondary N) is 1. The zero-order valence-electron chi connectivity index (χ0n) is 14.3. The molecule has 2 aromatic rings. The Bertz CT molecular complexity index is 652. The number of ether oxygens (including phenoxy) is 2. The maximum absolute atomic E-state index is 11.9. The van der Waals surface area contributed by atoms with Crippen LogP contribution < -0.4 is 14.9 Å². The predicted molar refractivity (Wildman–Crippen MR) is 96.3 cm³/mol. The van der Waals surface area contributed by atoms with Crippen molar-refractivity contribution in [2.24, 2.45) is 0 Å². The van der Waals surface area contributed by atoms with Crippen LogP contribution in [0.15, 0.2) is 54.6 Å². The normalized spacial score (nSPS) is 14.7. The van der Waals surface area contributed by atoms with Crippen molar-refractivity contribution in [3.63, 3.8) is 0 Å². The molecule has 25 heavy (non-hydrogen) atoms. The van der Waals surface area contributed by atoms with Crippen LogP contribution in [0, 0.1) is 0 Å². The second-order valence-corrected chi connectivity index (χ2v) is 6.12. The Kier molecular flexibility index (Phi) is 6.29. The van der Waals surface area contributed by atoms with Gasteiger partial charge in [-0.1, -0.05) is 36.8 Å². The van der Waals surface area contributed by atoms with E-state index in [2.05, 4.69) is 5.43 Å². The average Bonchev–Trinajstić information content (AvgIpc) is 2.67. The minimum atomic E-state index is -0.119. The zero-order valence-corrected chi connectivity index (χ0v) is 14.3. The van der Waals surface area contributed by atoms with Crippen LogP contribution in [0.5, 0.6) is 11.5 Å². The lowest BCUT2D eigenvalue weighted by atomic mass is 10.2. The molecule has 1 amide bonds. The number of piperidine rings is 1. The molecule has 0 atom stereocenters. The largest absolute Gasteiger partial charge is 0.489 e. The van der Waals surface area contributed by atoms with Gasteiger partial charge in [0.2, 0.25) is 0 Å². The SMILES string of the molecule is O=C(COc1ccc(OCc2ccccc2)cc1)NN1CCCCC1. The van der Waals surface area contributed by atoms with Crippen LogP contribution >= 0.6 is 0 Å². The van der Waals surface area contributed by atoms with E-state index in [1.165, 1.54) is 6.42 Å². The zero-order chi connectivity index (χ0) is 17.3. The Morgan fingerprint density at radius 1 is 0.880 bits per heavy atom. The fraction of sp³-hybridized carbons (Fsp3) is 0.350. The summed E-state index contributed by atoms with van der Waals surface area (Å²) >= 11 is 0. The summed E-state index contributed by atoms with van der Waals surface area (Å²) < 4.78 is 11.3. The average molecular weight is 340 g/mol. The van der Waals surface area contributed by atoms with Gasteiger partial charge in [-0.05, 0) is 42.7 Å². The van der Waals surface area contributed by atoms with Crippen molar-refractivity contribution >= 4 is 5.91 Å². The quantitative estimate of drug-likeness (QED) is 0.841. The molecule has 5 heteroatoms. The second-order valence-electron chi connectivity index (χ2n) is 6.12. The number of benzene rings is 2. The molecule has 1 aliphatic heterocycles. The lowest BCUT2D eigenvalue weighted by Crippen LogP contribution is -2.46. The van der Waals surface area contributed by atoms with Crippen LogP contribution in [0.1, 0.15) is 24.8 Å². The van der Waals surface area contributed by atoms with Gasteiger partial charge in [0, 0.05) is 13.1 Å². The third-order valence-corrected chi connectivity index (χ3v) is 4.08. The van der Waals surface area contributed by atoms with Gasteiger partial charge in [0.05, 0.1) is 0 Å². The van der Waals surface area contributed by atoms with E-state index in [9.17, 15) is 4.79 Å². The number of hydrazine groups is 1. The van der Waals surface area contributed by atoms with Gasteiger partial charge in [-0.3, -0.25) is 10.2 Å². The summed E-state index contributed by atoms with van der Waals surface area (Å²) in [6.45, 7) is 2.37. The van der Waals surface area contributed by atoms with Crippen molar-refractivity contribution in [1.82, 2.24) is 10.4 Å². The maximum atomic E-state index is 11.9. The molecule has 0 bridgehead atoms. The van der Waals surface area contributed by atoms with Crippen LogP contribution in [0.25, 0.3) is 0 Å². The number of amides is 1. The van der Waals surface area contributed by atoms with Crippen molar-refractivity contribution < 1.29 is 14.3 Å². The highest BCUT2D eigenvalue weighted by Crippen LogP contribution is 2.18. The van der Waals surface area contributed by atoms with E-state index in [0.29, 0.717) is 12.4 Å². The number of carbonyl (C=O) groups excluding carboxylic acids is 1. The van der Waals surface area contributed by atoms with Crippen LogP contribution in [0.3, 0.4) is 0 Å². The topological polar surface area (TPSA) is 50.8 Å². The Morgan fingerprint density at radius 3 is 2.20 bits per heavy atom. The highest BCUT2D eigenvalue weighted by molar-refractivity contribution is 5.77. The highest BCUT2D eigenvalue weighted by Gasteiger charge is 2.12. The van der Waals surface area contributed by atoms with E-state index in [0.717, 1.165) is 37.2 Å². The van der Waals surface area contributed by atoms with Gasteiger partial charge in [0.1, 0.15) is 18.1 Å². The van der Waals surface area contributed by atoms with Crippen LogP contribution in [-0.2, 0) is 11.4 Å². The fourth-order valence-corrected chi connectivity index (χ4v) is 2.74. The summed E-state index contributed by atoms with van der Waals surface area (Å²) in [4.78, 5) is 11.9. The molecule has 1 N–H and O–H groups in total. The molecule has 0 unspecified atom stereocenters. The molecule has 1 aliphatic rings. The van der Waals surface area contributed by atoms with Crippen molar-refractivity contribution in [2.75, 3.05) is 19.7 Å². The molecule has 5 nitrogen and oxygen atoms in total. The lowest BCUT2D eigenvalue weighted by Gasteiger charge is -2.26. The van der Waals surface area contributed by atoms with Crippen molar-refractivity contribution in [2.45, 2.75) is 25.9 Å². The summed E-state index contributed by atoms with van der Waals surface area (Å²) in [5, 5.41) is 1.97. The number of rotatable bonds is 7. The van der Waals surface area contributed by atoms with E-state index in [-0.39, 0.29) is 12.5 Å². The molecule has 0 saturated carbocycles. The van der Waals surface area contributed by atoms with Crippen molar-refractivity contribution in [1.29, 1.82) is 0 Å². The van der Waals surface area contributed by atoms with Crippen LogP contribution in [-0.4, -0.2) is 30.6 Å². The molecule has 1 saturated heterocycles. The molecular formula is C20H24N2O3. The minimum absolute atomic E-state index is 0.0146. The Hall–Kier alpha value is -2.53. The predicted octanol–water partition coefficient (Wildman–Crippen LogP) is 3.16. The van der Waals surface area contributed by atoms with E-state index >= 15 is 0 Å². The van der Waals surface area contributed by atoms with Crippen LogP contribution in [0.4, 0.5) is 0 Å². The van der Waals surface area contributed by atoms with E-state index in [1.54, 1.807) is 0 Å². The van der Waals surface area contributed by atoms with E-state index < -0.39 is 0 Å². The Labute approximate surface area is 148 Å². The number of hydrogen-bond acceptors (Lipinski definition) is 4. The van der Waals surface area contributed by atoms with Gasteiger partial charge < -0.3 is 9.47 Å².